The molecule has 1 atom stereocenters. The summed E-state index contributed by atoms with van der Waals surface area (Å²) in [6.07, 6.45) is -0.181. The molecule has 1 aliphatic heterocycles. The lowest BCUT2D eigenvalue weighted by molar-refractivity contribution is -0.139. The van der Waals surface area contributed by atoms with Gasteiger partial charge in [-0.2, -0.15) is 0 Å². The number of halogens is 1. The first-order chi connectivity index (χ1) is 8.97. The van der Waals surface area contributed by atoms with Crippen molar-refractivity contribution in [3.63, 3.8) is 0 Å². The summed E-state index contributed by atoms with van der Waals surface area (Å²) in [5.41, 5.74) is 0.749. The molecule has 0 aliphatic carbocycles. The van der Waals surface area contributed by atoms with Crippen molar-refractivity contribution in [1.29, 1.82) is 0 Å². The minimum atomic E-state index is -0.977. The molecule has 7 heteroatoms. The maximum Gasteiger partial charge on any atom is 0.305 e. The Kier molecular flexibility index (Phi) is 4.46. The van der Waals surface area contributed by atoms with Crippen molar-refractivity contribution in [2.24, 2.45) is 4.99 Å². The molecule has 1 N–H and O–H groups in total. The van der Waals surface area contributed by atoms with Crippen LogP contribution in [0.25, 0.3) is 0 Å². The Balaban J connectivity index is 2.19. The molecule has 1 fully saturated rings. The van der Waals surface area contributed by atoms with Gasteiger partial charge in [-0.3, -0.25) is 14.5 Å². The maximum atomic E-state index is 11.9. The van der Waals surface area contributed by atoms with Crippen LogP contribution in [0.1, 0.15) is 6.42 Å². The lowest BCUT2D eigenvalue weighted by Gasteiger charge is -2.08. The summed E-state index contributed by atoms with van der Waals surface area (Å²) in [7, 11) is 1.61. The number of carboxylic acids is 1. The number of aliphatic carboxylic acids is 1. The van der Waals surface area contributed by atoms with Crippen LogP contribution >= 0.6 is 34.4 Å². The van der Waals surface area contributed by atoms with E-state index in [0.717, 1.165) is 9.26 Å². The van der Waals surface area contributed by atoms with Gasteiger partial charge in [0, 0.05) is 10.6 Å². The Morgan fingerprint density at radius 2 is 2.11 bits per heavy atom. The topological polar surface area (TPSA) is 70.0 Å². The molecule has 0 aromatic heterocycles. The second kappa shape index (κ2) is 5.91. The number of amides is 1. The van der Waals surface area contributed by atoms with Gasteiger partial charge in [0.05, 0.1) is 12.1 Å². The summed E-state index contributed by atoms with van der Waals surface area (Å²) >= 11 is 3.40. The van der Waals surface area contributed by atoms with Gasteiger partial charge in [-0.05, 0) is 46.9 Å². The average Bonchev–Trinajstić information content (AvgIpc) is 2.60. The lowest BCUT2D eigenvalue weighted by atomic mass is 10.3. The Morgan fingerprint density at radius 1 is 1.47 bits per heavy atom. The molecular formula is C12H11IN2O3S. The first-order valence-corrected chi connectivity index (χ1v) is 7.43. The molecule has 1 saturated heterocycles. The van der Waals surface area contributed by atoms with Crippen LogP contribution in [0.15, 0.2) is 29.3 Å². The van der Waals surface area contributed by atoms with Crippen molar-refractivity contribution in [1.82, 2.24) is 4.90 Å². The summed E-state index contributed by atoms with van der Waals surface area (Å²) in [6, 6.07) is 7.57. The maximum absolute atomic E-state index is 11.9. The Bertz CT molecular complexity index is 544. The predicted octanol–water partition coefficient (Wildman–Crippen LogP) is 2.33. The van der Waals surface area contributed by atoms with Crippen molar-refractivity contribution >= 4 is 57.1 Å². The summed E-state index contributed by atoms with van der Waals surface area (Å²) in [4.78, 5) is 28.3. The van der Waals surface area contributed by atoms with E-state index in [1.807, 2.05) is 24.3 Å². The summed E-state index contributed by atoms with van der Waals surface area (Å²) in [6.45, 7) is 0. The van der Waals surface area contributed by atoms with Crippen molar-refractivity contribution in [3.05, 3.63) is 27.8 Å². The molecule has 0 saturated carbocycles. The second-order valence-corrected chi connectivity index (χ2v) is 6.39. The van der Waals surface area contributed by atoms with Crippen molar-refractivity contribution in [2.45, 2.75) is 11.7 Å². The van der Waals surface area contributed by atoms with Gasteiger partial charge in [-0.1, -0.05) is 11.8 Å². The Labute approximate surface area is 128 Å². The molecular weight excluding hydrogens is 379 g/mol. The van der Waals surface area contributed by atoms with Crippen LogP contribution in [0.2, 0.25) is 0 Å². The van der Waals surface area contributed by atoms with Crippen LogP contribution in [0.5, 0.6) is 0 Å². The normalized spacial score (nSPS) is 21.2. The molecule has 1 heterocycles. The van der Waals surface area contributed by atoms with Gasteiger partial charge in [0.2, 0.25) is 5.91 Å². The highest BCUT2D eigenvalue weighted by Crippen LogP contribution is 2.30. The van der Waals surface area contributed by atoms with E-state index in [1.165, 1.54) is 16.7 Å². The number of hydrogen-bond donors (Lipinski definition) is 1. The number of benzene rings is 1. The molecule has 1 aromatic rings. The molecule has 0 radical (unpaired) electrons. The predicted molar refractivity (Wildman–Crippen MR) is 82.7 cm³/mol. The van der Waals surface area contributed by atoms with E-state index >= 15 is 0 Å². The van der Waals surface area contributed by atoms with Crippen molar-refractivity contribution in [2.75, 3.05) is 7.05 Å². The van der Waals surface area contributed by atoms with Crippen molar-refractivity contribution < 1.29 is 14.7 Å². The van der Waals surface area contributed by atoms with Crippen LogP contribution in [-0.4, -0.2) is 39.3 Å². The van der Waals surface area contributed by atoms with Gasteiger partial charge in [-0.25, -0.2) is 4.99 Å². The Morgan fingerprint density at radius 3 is 2.68 bits per heavy atom. The van der Waals surface area contributed by atoms with E-state index in [4.69, 9.17) is 5.11 Å². The zero-order valence-corrected chi connectivity index (χ0v) is 13.0. The van der Waals surface area contributed by atoms with E-state index in [0.29, 0.717) is 5.17 Å². The highest BCUT2D eigenvalue weighted by molar-refractivity contribution is 14.1. The third-order valence-corrected chi connectivity index (χ3v) is 4.50. The monoisotopic (exact) mass is 390 g/mol. The van der Waals surface area contributed by atoms with Gasteiger partial charge in [0.15, 0.2) is 5.17 Å². The zero-order valence-electron chi connectivity index (χ0n) is 10.0. The number of thioether (sulfide) groups is 1. The van der Waals surface area contributed by atoms with Crippen LogP contribution in [-0.2, 0) is 9.59 Å². The van der Waals surface area contributed by atoms with Crippen molar-refractivity contribution in [3.8, 4) is 0 Å². The molecule has 1 aromatic carbocycles. The van der Waals surface area contributed by atoms with E-state index < -0.39 is 11.2 Å². The molecule has 2 rings (SSSR count). The SMILES string of the molecule is CN1C(=O)C(CC(=O)O)SC1=Nc1ccc(I)cc1. The van der Waals surface area contributed by atoms with E-state index in [-0.39, 0.29) is 12.3 Å². The van der Waals surface area contributed by atoms with E-state index in [2.05, 4.69) is 27.6 Å². The summed E-state index contributed by atoms with van der Waals surface area (Å²) in [5, 5.41) is 8.72. The number of nitrogens with zero attached hydrogens (tertiary/aromatic N) is 2. The standard InChI is InChI=1S/C12H11IN2O3S/c1-15-11(18)9(6-10(16)17)19-12(15)14-8-4-2-7(13)3-5-8/h2-5,9H,6H2,1H3,(H,16,17). The zero-order chi connectivity index (χ0) is 14.0. The van der Waals surface area contributed by atoms with Crippen LogP contribution in [0.3, 0.4) is 0 Å². The molecule has 5 nitrogen and oxygen atoms in total. The minimum Gasteiger partial charge on any atom is -0.481 e. The number of rotatable bonds is 3. The quantitative estimate of drug-likeness (QED) is 0.805. The van der Waals surface area contributed by atoms with Gasteiger partial charge in [0.25, 0.3) is 0 Å². The largest absolute Gasteiger partial charge is 0.481 e. The first kappa shape index (κ1) is 14.3. The highest BCUT2D eigenvalue weighted by atomic mass is 127. The fourth-order valence-corrected chi connectivity index (χ4v) is 3.09. The number of carbonyl (C=O) groups excluding carboxylic acids is 1. The highest BCUT2D eigenvalue weighted by Gasteiger charge is 2.36. The third-order valence-electron chi connectivity index (χ3n) is 2.55. The van der Waals surface area contributed by atoms with Gasteiger partial charge < -0.3 is 5.11 Å². The van der Waals surface area contributed by atoms with Gasteiger partial charge >= 0.3 is 5.97 Å². The number of amidine groups is 1. The minimum absolute atomic E-state index is 0.181. The lowest BCUT2D eigenvalue weighted by Crippen LogP contribution is -2.28. The Hall–Kier alpha value is -1.09. The number of carbonyl (C=O) groups is 2. The molecule has 100 valence electrons. The van der Waals surface area contributed by atoms with E-state index in [9.17, 15) is 9.59 Å². The molecule has 1 amide bonds. The molecule has 19 heavy (non-hydrogen) atoms. The van der Waals surface area contributed by atoms with Crippen LogP contribution < -0.4 is 0 Å². The molecule has 1 aliphatic rings. The van der Waals surface area contributed by atoms with Gasteiger partial charge in [0.1, 0.15) is 5.25 Å². The van der Waals surface area contributed by atoms with Crippen LogP contribution in [0.4, 0.5) is 5.69 Å². The molecule has 1 unspecified atom stereocenters. The fraction of sp³-hybridized carbons (Fsp3) is 0.250. The molecule has 0 spiro atoms. The smallest absolute Gasteiger partial charge is 0.305 e. The second-order valence-electron chi connectivity index (χ2n) is 3.97. The number of aliphatic imine (C=N–C) groups is 1. The van der Waals surface area contributed by atoms with Crippen LogP contribution in [0, 0.1) is 3.57 Å². The summed E-state index contributed by atoms with van der Waals surface area (Å²) < 4.78 is 1.11. The summed E-state index contributed by atoms with van der Waals surface area (Å²) in [5.74, 6) is -1.19. The van der Waals surface area contributed by atoms with E-state index in [1.54, 1.807) is 7.05 Å². The average molecular weight is 390 g/mol. The van der Waals surface area contributed by atoms with Gasteiger partial charge in [-0.15, -0.1) is 0 Å². The number of carboxylic acid groups (broad SMARTS) is 1. The fourth-order valence-electron chi connectivity index (χ4n) is 1.58. The molecule has 0 bridgehead atoms. The first-order valence-electron chi connectivity index (χ1n) is 5.47. The third kappa shape index (κ3) is 3.47. The number of hydrogen-bond acceptors (Lipinski definition) is 4.